The number of phenolic OH excluding ortho intramolecular Hbond substituents is 2. The van der Waals surface area contributed by atoms with Crippen molar-refractivity contribution in [1.82, 2.24) is 5.32 Å². The Bertz CT molecular complexity index is 574. The molecule has 10 heteroatoms. The summed E-state index contributed by atoms with van der Waals surface area (Å²) in [5.74, 6) is -3.64. The molecule has 0 amide bonds. The van der Waals surface area contributed by atoms with Crippen LogP contribution in [0.3, 0.4) is 0 Å². The molecule has 0 aliphatic rings. The zero-order valence-electron chi connectivity index (χ0n) is 14.6. The molecule has 3 unspecified atom stereocenters. The van der Waals surface area contributed by atoms with Gasteiger partial charge < -0.3 is 41.1 Å². The number of rotatable bonds is 6. The third-order valence-electron chi connectivity index (χ3n) is 2.94. The second-order valence-electron chi connectivity index (χ2n) is 6.50. The second kappa shape index (κ2) is 9.92. The van der Waals surface area contributed by atoms with Crippen LogP contribution in [0.25, 0.3) is 0 Å². The Morgan fingerprint density at radius 1 is 0.923 bits per heavy atom. The normalized spacial score (nSPS) is 14.5. The van der Waals surface area contributed by atoms with E-state index in [1.807, 2.05) is 20.8 Å². The van der Waals surface area contributed by atoms with E-state index < -0.39 is 30.3 Å². The van der Waals surface area contributed by atoms with Gasteiger partial charge in [0.25, 0.3) is 0 Å². The standard InChI is InChI=1S/C12H19NO3.C4H6O6/c1-12(2,3)13-7-11(16)8-4-9(14)6-10(15)5-8;5-1(3(7)8)2(6)4(9)10/h4-6,11,13-16H,7H2,1-3H3;1-2,5-6H,(H,7,8)(H,9,10). The average molecular weight is 375 g/mol. The first kappa shape index (κ1) is 23.6. The molecule has 0 saturated carbocycles. The van der Waals surface area contributed by atoms with Gasteiger partial charge >= 0.3 is 11.9 Å². The number of aromatic hydroxyl groups is 2. The van der Waals surface area contributed by atoms with Gasteiger partial charge in [-0.05, 0) is 38.5 Å². The van der Waals surface area contributed by atoms with Gasteiger partial charge in [-0.1, -0.05) is 0 Å². The predicted molar refractivity (Wildman–Crippen MR) is 89.8 cm³/mol. The summed E-state index contributed by atoms with van der Waals surface area (Å²) in [6, 6.07) is 4.11. The Labute approximate surface area is 150 Å². The van der Waals surface area contributed by atoms with Crippen molar-refractivity contribution in [1.29, 1.82) is 0 Å². The lowest BCUT2D eigenvalue weighted by molar-refractivity contribution is -0.165. The molecule has 8 N–H and O–H groups in total. The van der Waals surface area contributed by atoms with Crippen molar-refractivity contribution in [2.24, 2.45) is 0 Å². The first-order chi connectivity index (χ1) is 11.7. The number of benzene rings is 1. The SMILES string of the molecule is CC(C)(C)NCC(O)c1cc(O)cc(O)c1.O=C(O)C(O)C(O)C(=O)O. The Morgan fingerprint density at radius 3 is 1.62 bits per heavy atom. The predicted octanol–water partition coefficient (Wildman–Crippen LogP) is -0.603. The lowest BCUT2D eigenvalue weighted by Gasteiger charge is -2.23. The third kappa shape index (κ3) is 9.18. The number of aliphatic hydroxyl groups is 3. The summed E-state index contributed by atoms with van der Waals surface area (Å²) in [5, 5.41) is 64.1. The molecule has 0 spiro atoms. The van der Waals surface area contributed by atoms with Crippen molar-refractivity contribution in [2.75, 3.05) is 6.54 Å². The fourth-order valence-corrected chi connectivity index (χ4v) is 1.60. The third-order valence-corrected chi connectivity index (χ3v) is 2.94. The molecule has 1 aromatic carbocycles. The summed E-state index contributed by atoms with van der Waals surface area (Å²) in [6.07, 6.45) is -5.28. The molecule has 0 heterocycles. The molecule has 0 aromatic heterocycles. The Morgan fingerprint density at radius 2 is 1.31 bits per heavy atom. The molecule has 3 atom stereocenters. The second-order valence-corrected chi connectivity index (χ2v) is 6.50. The van der Waals surface area contributed by atoms with E-state index in [-0.39, 0.29) is 17.0 Å². The Balaban J connectivity index is 0.000000541. The van der Waals surface area contributed by atoms with Crippen LogP contribution in [-0.4, -0.2) is 72.0 Å². The molecule has 0 aliphatic heterocycles. The van der Waals surface area contributed by atoms with E-state index in [1.54, 1.807) is 0 Å². The van der Waals surface area contributed by atoms with Gasteiger partial charge in [0.1, 0.15) is 11.5 Å². The van der Waals surface area contributed by atoms with Gasteiger partial charge in [0, 0.05) is 18.2 Å². The quantitative estimate of drug-likeness (QED) is 0.319. The minimum Gasteiger partial charge on any atom is -0.508 e. The Kier molecular flexibility index (Phi) is 9.01. The summed E-state index contributed by atoms with van der Waals surface area (Å²) in [6.45, 7) is 6.37. The molecule has 26 heavy (non-hydrogen) atoms. The number of aliphatic hydroxyl groups excluding tert-OH is 3. The molecule has 1 aromatic rings. The van der Waals surface area contributed by atoms with Crippen molar-refractivity contribution in [2.45, 2.75) is 44.6 Å². The fraction of sp³-hybridized carbons (Fsp3) is 0.500. The number of carboxylic acids is 2. The van der Waals surface area contributed by atoms with E-state index in [0.29, 0.717) is 12.1 Å². The summed E-state index contributed by atoms with van der Waals surface area (Å²) in [4.78, 5) is 19.5. The van der Waals surface area contributed by atoms with Crippen LogP contribution in [0.1, 0.15) is 32.4 Å². The summed E-state index contributed by atoms with van der Waals surface area (Å²) < 4.78 is 0. The zero-order chi connectivity index (χ0) is 20.7. The van der Waals surface area contributed by atoms with Crippen molar-refractivity contribution in [3.63, 3.8) is 0 Å². The van der Waals surface area contributed by atoms with Gasteiger partial charge in [0.05, 0.1) is 6.10 Å². The number of hydrogen-bond donors (Lipinski definition) is 8. The molecular formula is C16H25NO9. The lowest BCUT2D eigenvalue weighted by Crippen LogP contribution is -2.39. The highest BCUT2D eigenvalue weighted by molar-refractivity contribution is 5.83. The number of hydrogen-bond acceptors (Lipinski definition) is 8. The first-order valence-corrected chi connectivity index (χ1v) is 7.52. The van der Waals surface area contributed by atoms with E-state index in [1.165, 1.54) is 18.2 Å². The van der Waals surface area contributed by atoms with E-state index in [0.717, 1.165) is 0 Å². The van der Waals surface area contributed by atoms with Crippen LogP contribution in [0, 0.1) is 0 Å². The van der Waals surface area contributed by atoms with Crippen LogP contribution >= 0.6 is 0 Å². The Hall–Kier alpha value is -2.40. The highest BCUT2D eigenvalue weighted by Gasteiger charge is 2.29. The van der Waals surface area contributed by atoms with E-state index >= 15 is 0 Å². The monoisotopic (exact) mass is 375 g/mol. The molecule has 0 aliphatic carbocycles. The summed E-state index contributed by atoms with van der Waals surface area (Å²) in [7, 11) is 0. The van der Waals surface area contributed by atoms with E-state index in [9.17, 15) is 24.9 Å². The highest BCUT2D eigenvalue weighted by Crippen LogP contribution is 2.24. The maximum atomic E-state index is 9.85. The summed E-state index contributed by atoms with van der Waals surface area (Å²) >= 11 is 0. The molecular weight excluding hydrogens is 350 g/mol. The van der Waals surface area contributed by atoms with Gasteiger partial charge in [0.2, 0.25) is 0 Å². The minimum absolute atomic E-state index is 0.0511. The van der Waals surface area contributed by atoms with Crippen molar-refractivity contribution < 1.29 is 45.3 Å². The summed E-state index contributed by atoms with van der Waals surface area (Å²) in [5.41, 5.74) is 0.411. The zero-order valence-corrected chi connectivity index (χ0v) is 14.6. The highest BCUT2D eigenvalue weighted by atomic mass is 16.4. The average Bonchev–Trinajstić information content (AvgIpc) is 2.49. The van der Waals surface area contributed by atoms with Crippen molar-refractivity contribution >= 4 is 11.9 Å². The number of β-amino-alcohol motifs (C(OH)–C–C–N with tert-alkyl or cyclic N) is 1. The van der Waals surface area contributed by atoms with Crippen LogP contribution in [0.2, 0.25) is 0 Å². The molecule has 1 rings (SSSR count). The minimum atomic E-state index is -2.27. The van der Waals surface area contributed by atoms with Gasteiger partial charge in [-0.25, -0.2) is 9.59 Å². The first-order valence-electron chi connectivity index (χ1n) is 7.52. The van der Waals surface area contributed by atoms with E-state index in [4.69, 9.17) is 20.4 Å². The molecule has 10 nitrogen and oxygen atoms in total. The number of aliphatic carboxylic acids is 2. The lowest BCUT2D eigenvalue weighted by atomic mass is 10.1. The van der Waals surface area contributed by atoms with Gasteiger partial charge in [-0.15, -0.1) is 0 Å². The van der Waals surface area contributed by atoms with Crippen LogP contribution < -0.4 is 5.32 Å². The van der Waals surface area contributed by atoms with Gasteiger partial charge in [-0.2, -0.15) is 0 Å². The number of phenols is 2. The van der Waals surface area contributed by atoms with Gasteiger partial charge in [0.15, 0.2) is 12.2 Å². The smallest absolute Gasteiger partial charge is 0.335 e. The number of nitrogens with one attached hydrogen (secondary N) is 1. The number of carbonyl (C=O) groups is 2. The topological polar surface area (TPSA) is 188 Å². The molecule has 0 fully saturated rings. The van der Waals surface area contributed by atoms with Crippen molar-refractivity contribution in [3.8, 4) is 11.5 Å². The largest absolute Gasteiger partial charge is 0.508 e. The molecule has 148 valence electrons. The number of carboxylic acid groups (broad SMARTS) is 2. The van der Waals surface area contributed by atoms with Crippen molar-refractivity contribution in [3.05, 3.63) is 23.8 Å². The van der Waals surface area contributed by atoms with Crippen LogP contribution in [0.15, 0.2) is 18.2 Å². The molecule has 0 saturated heterocycles. The van der Waals surface area contributed by atoms with E-state index in [2.05, 4.69) is 5.32 Å². The van der Waals surface area contributed by atoms with Crippen LogP contribution in [0.5, 0.6) is 11.5 Å². The molecule has 0 radical (unpaired) electrons. The fourth-order valence-electron chi connectivity index (χ4n) is 1.60. The maximum Gasteiger partial charge on any atom is 0.335 e. The molecule has 0 bridgehead atoms. The van der Waals surface area contributed by atoms with Crippen LogP contribution in [-0.2, 0) is 9.59 Å². The van der Waals surface area contributed by atoms with Gasteiger partial charge in [-0.3, -0.25) is 0 Å². The maximum absolute atomic E-state index is 9.85. The van der Waals surface area contributed by atoms with Crippen LogP contribution in [0.4, 0.5) is 0 Å².